The molecule has 4 heteroatoms. The minimum absolute atomic E-state index is 0.0420. The third-order valence-corrected chi connectivity index (χ3v) is 4.45. The minimum atomic E-state index is -0.141. The Morgan fingerprint density at radius 2 is 2.36 bits per heavy atom. The largest absolute Gasteiger partial charge is 0.462 e. The molecule has 0 aromatic rings. The van der Waals surface area contributed by atoms with Gasteiger partial charge in [0.15, 0.2) is 5.78 Å². The van der Waals surface area contributed by atoms with Gasteiger partial charge in [-0.05, 0) is 37.3 Å². The van der Waals surface area contributed by atoms with E-state index in [1.807, 2.05) is 6.08 Å². The van der Waals surface area contributed by atoms with E-state index in [2.05, 4.69) is 24.2 Å². The number of ether oxygens (including phenoxy) is 1. The zero-order chi connectivity index (χ0) is 16.1. The third kappa shape index (κ3) is 3.86. The van der Waals surface area contributed by atoms with Gasteiger partial charge in [-0.1, -0.05) is 25.0 Å². The van der Waals surface area contributed by atoms with Gasteiger partial charge in [-0.15, -0.1) is 6.42 Å². The zero-order valence-electron chi connectivity index (χ0n) is 13.2. The summed E-state index contributed by atoms with van der Waals surface area (Å²) in [5, 5.41) is 3.11. The molecule has 1 heterocycles. The van der Waals surface area contributed by atoms with E-state index in [9.17, 15) is 9.59 Å². The minimum Gasteiger partial charge on any atom is -0.462 e. The average Bonchev–Trinajstić information content (AvgIpc) is 2.65. The summed E-state index contributed by atoms with van der Waals surface area (Å²) in [5.74, 6) is 2.75. The molecule has 1 saturated heterocycles. The van der Waals surface area contributed by atoms with Crippen LogP contribution in [0.15, 0.2) is 23.8 Å². The lowest BCUT2D eigenvalue weighted by atomic mass is 9.86. The first-order chi connectivity index (χ1) is 10.5. The molecule has 2 rings (SSSR count). The molecule has 4 nitrogen and oxygen atoms in total. The highest BCUT2D eigenvalue weighted by Gasteiger charge is 2.45. The Labute approximate surface area is 132 Å². The second-order valence-electron chi connectivity index (χ2n) is 6.10. The number of hydrogen-bond acceptors (Lipinski definition) is 4. The summed E-state index contributed by atoms with van der Waals surface area (Å²) < 4.78 is 5.58. The van der Waals surface area contributed by atoms with Crippen LogP contribution in [-0.4, -0.2) is 30.9 Å². The molecule has 0 radical (unpaired) electrons. The van der Waals surface area contributed by atoms with Gasteiger partial charge >= 0.3 is 5.97 Å². The Hall–Kier alpha value is -1.86. The maximum absolute atomic E-state index is 12.1. The van der Waals surface area contributed by atoms with Crippen molar-refractivity contribution in [1.29, 1.82) is 0 Å². The normalized spacial score (nSPS) is 31.1. The number of rotatable bonds is 5. The van der Waals surface area contributed by atoms with Gasteiger partial charge in [0.2, 0.25) is 0 Å². The van der Waals surface area contributed by atoms with Crippen LogP contribution < -0.4 is 5.32 Å². The molecule has 0 aromatic heterocycles. The van der Waals surface area contributed by atoms with Gasteiger partial charge in [-0.25, -0.2) is 0 Å². The van der Waals surface area contributed by atoms with Crippen molar-refractivity contribution in [3.05, 3.63) is 23.8 Å². The highest BCUT2D eigenvalue weighted by atomic mass is 16.6. The van der Waals surface area contributed by atoms with Crippen LogP contribution in [0.25, 0.3) is 0 Å². The molecular formula is C18H23NO3. The van der Waals surface area contributed by atoms with Crippen molar-refractivity contribution >= 4 is 11.8 Å². The third-order valence-electron chi connectivity index (χ3n) is 4.45. The monoisotopic (exact) mass is 301 g/mol. The van der Waals surface area contributed by atoms with Crippen LogP contribution in [0, 0.1) is 30.1 Å². The second kappa shape index (κ2) is 7.42. The van der Waals surface area contributed by atoms with Crippen molar-refractivity contribution in [3.63, 3.8) is 0 Å². The first kappa shape index (κ1) is 16.5. The average molecular weight is 301 g/mol. The first-order valence-corrected chi connectivity index (χ1v) is 7.76. The summed E-state index contributed by atoms with van der Waals surface area (Å²) in [4.78, 5) is 23.2. The van der Waals surface area contributed by atoms with E-state index in [-0.39, 0.29) is 35.6 Å². The Balaban J connectivity index is 2.09. The van der Waals surface area contributed by atoms with Crippen LogP contribution in [-0.2, 0) is 14.3 Å². The lowest BCUT2D eigenvalue weighted by molar-refractivity contribution is -0.144. The lowest BCUT2D eigenvalue weighted by Gasteiger charge is -2.19. The SMILES string of the molecule is C#CCNC[C@H]1C(=O)O[C@@H]2C[C@H](C)C(/C=C/C(C)=O)=CC[C@@H]21. The molecule has 1 N–H and O–H groups in total. The van der Waals surface area contributed by atoms with Gasteiger partial charge in [-0.2, -0.15) is 0 Å². The lowest BCUT2D eigenvalue weighted by Crippen LogP contribution is -2.31. The fourth-order valence-corrected chi connectivity index (χ4v) is 3.24. The number of hydrogen-bond donors (Lipinski definition) is 1. The zero-order valence-corrected chi connectivity index (χ0v) is 13.2. The number of fused-ring (bicyclic) bond motifs is 1. The standard InChI is InChI=1S/C18H23NO3/c1-4-9-19-11-16-15-8-7-14(6-5-13(3)20)12(2)10-17(15)22-18(16)21/h1,5-7,12,15-17,19H,8-11H2,2-3H3/b6-5+/t12-,15+,16+,17+/m0/s1. The highest BCUT2D eigenvalue weighted by molar-refractivity contribution is 5.87. The molecule has 1 aliphatic carbocycles. The van der Waals surface area contributed by atoms with E-state index in [1.54, 1.807) is 13.0 Å². The Kier molecular flexibility index (Phi) is 5.57. The van der Waals surface area contributed by atoms with Crippen LogP contribution in [0.4, 0.5) is 0 Å². The molecule has 0 unspecified atom stereocenters. The quantitative estimate of drug-likeness (QED) is 0.364. The molecule has 118 valence electrons. The van der Waals surface area contributed by atoms with Crippen LogP contribution >= 0.6 is 0 Å². The topological polar surface area (TPSA) is 55.4 Å². The van der Waals surface area contributed by atoms with E-state index in [0.29, 0.717) is 13.1 Å². The fourth-order valence-electron chi connectivity index (χ4n) is 3.24. The number of carbonyl (C=O) groups excluding carboxylic acids is 2. The van der Waals surface area contributed by atoms with Crippen molar-refractivity contribution < 1.29 is 14.3 Å². The number of terminal acetylenes is 1. The Morgan fingerprint density at radius 3 is 3.05 bits per heavy atom. The van der Waals surface area contributed by atoms with Crippen LogP contribution in [0.1, 0.15) is 26.7 Å². The van der Waals surface area contributed by atoms with Gasteiger partial charge in [0.25, 0.3) is 0 Å². The van der Waals surface area contributed by atoms with Gasteiger partial charge in [0, 0.05) is 12.5 Å². The Morgan fingerprint density at radius 1 is 1.59 bits per heavy atom. The molecule has 0 spiro atoms. The molecule has 2 aliphatic rings. The predicted octanol–water partition coefficient (Wildman–Crippen LogP) is 1.87. The van der Waals surface area contributed by atoms with Gasteiger partial charge in [0.1, 0.15) is 6.10 Å². The van der Waals surface area contributed by atoms with E-state index in [4.69, 9.17) is 11.2 Å². The molecule has 0 bridgehead atoms. The second-order valence-corrected chi connectivity index (χ2v) is 6.10. The van der Waals surface area contributed by atoms with E-state index < -0.39 is 0 Å². The van der Waals surface area contributed by atoms with E-state index >= 15 is 0 Å². The molecule has 0 aromatic carbocycles. The van der Waals surface area contributed by atoms with E-state index in [1.165, 1.54) is 0 Å². The van der Waals surface area contributed by atoms with Crippen molar-refractivity contribution in [2.24, 2.45) is 17.8 Å². The van der Waals surface area contributed by atoms with Crippen LogP contribution in [0.3, 0.4) is 0 Å². The summed E-state index contributed by atoms with van der Waals surface area (Å²) in [7, 11) is 0. The first-order valence-electron chi connectivity index (χ1n) is 7.76. The van der Waals surface area contributed by atoms with Gasteiger partial charge in [0.05, 0.1) is 12.5 Å². The van der Waals surface area contributed by atoms with Crippen molar-refractivity contribution in [1.82, 2.24) is 5.32 Å². The number of ketones is 1. The van der Waals surface area contributed by atoms with Gasteiger partial charge in [-0.3, -0.25) is 9.59 Å². The number of allylic oxidation sites excluding steroid dienone is 4. The molecule has 0 amide bonds. The van der Waals surface area contributed by atoms with Crippen molar-refractivity contribution in [3.8, 4) is 12.3 Å². The van der Waals surface area contributed by atoms with Crippen LogP contribution in [0.2, 0.25) is 0 Å². The highest BCUT2D eigenvalue weighted by Crippen LogP contribution is 2.39. The molecular weight excluding hydrogens is 278 g/mol. The maximum atomic E-state index is 12.1. The molecule has 0 saturated carbocycles. The van der Waals surface area contributed by atoms with Crippen molar-refractivity contribution in [2.45, 2.75) is 32.8 Å². The van der Waals surface area contributed by atoms with Crippen LogP contribution in [0.5, 0.6) is 0 Å². The summed E-state index contributed by atoms with van der Waals surface area (Å²) in [6, 6.07) is 0. The fraction of sp³-hybridized carbons (Fsp3) is 0.556. The molecule has 1 fully saturated rings. The predicted molar refractivity (Wildman–Crippen MR) is 84.9 cm³/mol. The summed E-state index contributed by atoms with van der Waals surface area (Å²) >= 11 is 0. The molecule has 22 heavy (non-hydrogen) atoms. The molecule has 1 aliphatic heterocycles. The summed E-state index contributed by atoms with van der Waals surface area (Å²) in [5.41, 5.74) is 1.15. The van der Waals surface area contributed by atoms with Crippen molar-refractivity contribution in [2.75, 3.05) is 13.1 Å². The maximum Gasteiger partial charge on any atom is 0.310 e. The summed E-state index contributed by atoms with van der Waals surface area (Å²) in [6.07, 6.45) is 12.4. The molecule has 4 atom stereocenters. The van der Waals surface area contributed by atoms with Gasteiger partial charge < -0.3 is 10.1 Å². The summed E-state index contributed by atoms with van der Waals surface area (Å²) in [6.45, 7) is 4.67. The smallest absolute Gasteiger partial charge is 0.310 e. The number of esters is 1. The Bertz CT molecular complexity index is 541. The van der Waals surface area contributed by atoms with E-state index in [0.717, 1.165) is 18.4 Å². The number of carbonyl (C=O) groups is 2. The number of nitrogens with one attached hydrogen (secondary N) is 1.